The molecule has 4 bridgehead atoms. The standard InChI is InChI=1S/C19H16S.C13H18F2O5S/c1-4-10-16(11-5-1)19(17-12-6-2-7-13-17)20-18-14-8-3-9-15-18;14-13(15,21(17,18)19)7-20-11(16)12-4-8-1-9(5-12)3-10(2-8)6-12/h1-15,19H;8-10H,1-7H2,(H,17,18,19). The summed E-state index contributed by atoms with van der Waals surface area (Å²) < 4.78 is 60.4. The van der Waals surface area contributed by atoms with Gasteiger partial charge in [-0.05, 0) is 79.5 Å². The van der Waals surface area contributed by atoms with Gasteiger partial charge in [0, 0.05) is 4.90 Å². The van der Waals surface area contributed by atoms with Crippen LogP contribution in [-0.4, -0.2) is 30.8 Å². The van der Waals surface area contributed by atoms with E-state index in [0.29, 0.717) is 42.3 Å². The Hall–Kier alpha value is -2.75. The third-order valence-electron chi connectivity index (χ3n) is 8.42. The van der Waals surface area contributed by atoms with Crippen molar-refractivity contribution in [3.8, 4) is 0 Å². The summed E-state index contributed by atoms with van der Waals surface area (Å²) in [5, 5.41) is -4.12. The van der Waals surface area contributed by atoms with Crippen molar-refractivity contribution in [3.05, 3.63) is 102 Å². The van der Waals surface area contributed by atoms with Gasteiger partial charge >= 0.3 is 21.3 Å². The average Bonchev–Trinajstić information content (AvgIpc) is 2.95. The molecule has 3 aromatic carbocycles. The first-order chi connectivity index (χ1) is 19.5. The quantitative estimate of drug-likeness (QED) is 0.161. The van der Waals surface area contributed by atoms with Crippen LogP contribution in [0.1, 0.15) is 54.9 Å². The Morgan fingerprint density at radius 3 is 1.66 bits per heavy atom. The van der Waals surface area contributed by atoms with Crippen LogP contribution in [0.4, 0.5) is 8.78 Å². The molecule has 0 aromatic heterocycles. The summed E-state index contributed by atoms with van der Waals surface area (Å²) >= 11 is 1.89. The van der Waals surface area contributed by atoms with Crippen molar-refractivity contribution in [1.29, 1.82) is 0 Å². The average molecular weight is 601 g/mol. The van der Waals surface area contributed by atoms with Crippen LogP contribution in [0.3, 0.4) is 0 Å². The van der Waals surface area contributed by atoms with Gasteiger partial charge in [0.15, 0.2) is 6.61 Å². The van der Waals surface area contributed by atoms with Crippen LogP contribution in [0.25, 0.3) is 0 Å². The van der Waals surface area contributed by atoms with Crippen molar-refractivity contribution in [2.24, 2.45) is 23.2 Å². The Bertz CT molecular complexity index is 1340. The molecule has 0 radical (unpaired) electrons. The fraction of sp³-hybridized carbons (Fsp3) is 0.406. The molecule has 0 unspecified atom stereocenters. The minimum atomic E-state index is -5.56. The molecule has 0 atom stereocenters. The Kier molecular flexibility index (Phi) is 8.87. The van der Waals surface area contributed by atoms with E-state index in [0.717, 1.165) is 19.3 Å². The molecule has 4 aliphatic rings. The first-order valence-corrected chi connectivity index (χ1v) is 16.2. The summed E-state index contributed by atoms with van der Waals surface area (Å²) in [7, 11) is -5.56. The molecule has 4 fully saturated rings. The maximum Gasteiger partial charge on any atom is 0.402 e. The second kappa shape index (κ2) is 12.2. The Balaban J connectivity index is 0.000000165. The number of thioether (sulfide) groups is 1. The van der Waals surface area contributed by atoms with E-state index in [1.54, 1.807) is 0 Å². The molecule has 0 saturated heterocycles. The molecule has 3 aromatic rings. The minimum absolute atomic E-state index is 0.333. The molecule has 4 saturated carbocycles. The molecule has 1 N–H and O–H groups in total. The predicted molar refractivity (Wildman–Crippen MR) is 155 cm³/mol. The van der Waals surface area contributed by atoms with E-state index < -0.39 is 33.4 Å². The molecule has 41 heavy (non-hydrogen) atoms. The van der Waals surface area contributed by atoms with Crippen LogP contribution in [0, 0.1) is 23.2 Å². The highest BCUT2D eigenvalue weighted by molar-refractivity contribution is 7.99. The molecule has 9 heteroatoms. The molecule has 7 rings (SSSR count). The van der Waals surface area contributed by atoms with Gasteiger partial charge in [0.05, 0.1) is 10.7 Å². The van der Waals surface area contributed by atoms with Crippen LogP contribution < -0.4 is 0 Å². The maximum atomic E-state index is 13.1. The molecule has 218 valence electrons. The van der Waals surface area contributed by atoms with Gasteiger partial charge in [-0.25, -0.2) is 0 Å². The monoisotopic (exact) mass is 600 g/mol. The number of halogens is 2. The van der Waals surface area contributed by atoms with E-state index in [1.165, 1.54) is 16.0 Å². The highest BCUT2D eigenvalue weighted by atomic mass is 32.2. The number of hydrogen-bond acceptors (Lipinski definition) is 5. The maximum absolute atomic E-state index is 13.1. The number of benzene rings is 3. The van der Waals surface area contributed by atoms with Gasteiger partial charge < -0.3 is 4.74 Å². The van der Waals surface area contributed by atoms with Crippen molar-refractivity contribution in [1.82, 2.24) is 0 Å². The summed E-state index contributed by atoms with van der Waals surface area (Å²) in [6.07, 6.45) is 5.22. The molecular weight excluding hydrogens is 566 g/mol. The second-order valence-electron chi connectivity index (χ2n) is 11.5. The zero-order chi connectivity index (χ0) is 29.1. The molecular formula is C32H34F2O5S2. The Morgan fingerprint density at radius 1 is 0.829 bits per heavy atom. The number of carbonyl (C=O) groups excluding carboxylic acids is 1. The van der Waals surface area contributed by atoms with Gasteiger partial charge in [-0.3, -0.25) is 9.35 Å². The largest absolute Gasteiger partial charge is 0.458 e. The van der Waals surface area contributed by atoms with Gasteiger partial charge in [0.1, 0.15) is 0 Å². The number of carbonyl (C=O) groups is 1. The van der Waals surface area contributed by atoms with Gasteiger partial charge in [-0.1, -0.05) is 78.9 Å². The lowest BCUT2D eigenvalue weighted by molar-refractivity contribution is -0.176. The first-order valence-electron chi connectivity index (χ1n) is 13.9. The fourth-order valence-corrected chi connectivity index (χ4v) is 8.34. The van der Waals surface area contributed by atoms with E-state index in [1.807, 2.05) is 11.8 Å². The van der Waals surface area contributed by atoms with Crippen LogP contribution in [-0.2, 0) is 19.6 Å². The van der Waals surface area contributed by atoms with E-state index in [4.69, 9.17) is 4.55 Å². The van der Waals surface area contributed by atoms with Crippen LogP contribution >= 0.6 is 11.8 Å². The van der Waals surface area contributed by atoms with Crippen molar-refractivity contribution >= 4 is 27.8 Å². The van der Waals surface area contributed by atoms with Crippen molar-refractivity contribution < 1.29 is 31.3 Å². The smallest absolute Gasteiger partial charge is 0.402 e. The van der Waals surface area contributed by atoms with E-state index in [9.17, 15) is 22.0 Å². The molecule has 5 nitrogen and oxygen atoms in total. The lowest BCUT2D eigenvalue weighted by Gasteiger charge is -2.55. The lowest BCUT2D eigenvalue weighted by atomic mass is 9.49. The van der Waals surface area contributed by atoms with Crippen molar-refractivity contribution in [2.75, 3.05) is 6.61 Å². The molecule has 0 spiro atoms. The first kappa shape index (κ1) is 29.7. The zero-order valence-electron chi connectivity index (χ0n) is 22.6. The Morgan fingerprint density at radius 2 is 1.24 bits per heavy atom. The lowest BCUT2D eigenvalue weighted by Crippen LogP contribution is -2.51. The van der Waals surface area contributed by atoms with Crippen LogP contribution in [0.2, 0.25) is 0 Å². The number of ether oxygens (including phenoxy) is 1. The number of esters is 1. The summed E-state index contributed by atoms with van der Waals surface area (Å²) in [6, 6.07) is 32.0. The molecule has 0 amide bonds. The molecule has 4 aliphatic carbocycles. The molecule has 0 aliphatic heterocycles. The fourth-order valence-electron chi connectivity index (χ4n) is 6.96. The van der Waals surface area contributed by atoms with E-state index in [2.05, 4.69) is 95.7 Å². The van der Waals surface area contributed by atoms with E-state index >= 15 is 0 Å². The normalized spacial score (nSPS) is 24.9. The Labute approximate surface area is 244 Å². The third kappa shape index (κ3) is 7.01. The molecule has 0 heterocycles. The number of hydrogen-bond donors (Lipinski definition) is 1. The van der Waals surface area contributed by atoms with Crippen molar-refractivity contribution in [3.63, 3.8) is 0 Å². The van der Waals surface area contributed by atoms with Crippen LogP contribution in [0.15, 0.2) is 95.9 Å². The third-order valence-corrected chi connectivity index (χ3v) is 10.6. The zero-order valence-corrected chi connectivity index (χ0v) is 24.2. The van der Waals surface area contributed by atoms with Gasteiger partial charge in [0.2, 0.25) is 0 Å². The predicted octanol–water partition coefficient (Wildman–Crippen LogP) is 7.79. The summed E-state index contributed by atoms with van der Waals surface area (Å²) in [5.74, 6) is 0.618. The highest BCUT2D eigenvalue weighted by Gasteiger charge is 2.56. The van der Waals surface area contributed by atoms with Gasteiger partial charge in [-0.2, -0.15) is 17.2 Å². The summed E-state index contributed by atoms with van der Waals surface area (Å²) in [6.45, 7) is -1.62. The van der Waals surface area contributed by atoms with E-state index in [-0.39, 0.29) is 0 Å². The summed E-state index contributed by atoms with van der Waals surface area (Å²) in [4.78, 5) is 13.5. The SMILES string of the molecule is O=C(OCC(F)(F)S(=O)(=O)O)C12CC3CC(CC(C3)C1)C2.c1ccc(SC(c2ccccc2)c2ccccc2)cc1. The topological polar surface area (TPSA) is 80.7 Å². The minimum Gasteiger partial charge on any atom is -0.458 e. The highest BCUT2D eigenvalue weighted by Crippen LogP contribution is 2.60. The van der Waals surface area contributed by atoms with Crippen LogP contribution in [0.5, 0.6) is 0 Å². The van der Waals surface area contributed by atoms with Gasteiger partial charge in [-0.15, -0.1) is 11.8 Å². The summed E-state index contributed by atoms with van der Waals surface area (Å²) in [5.41, 5.74) is 1.96. The second-order valence-corrected chi connectivity index (χ2v) is 14.2. The van der Waals surface area contributed by atoms with Gasteiger partial charge in [0.25, 0.3) is 0 Å². The number of rotatable bonds is 8. The van der Waals surface area contributed by atoms with Crippen molar-refractivity contribution in [2.45, 2.75) is 53.9 Å². The number of alkyl halides is 2.